The molecule has 0 spiro atoms. The summed E-state index contributed by atoms with van der Waals surface area (Å²) in [6, 6.07) is 2.77. The molecule has 0 saturated carbocycles. The van der Waals surface area contributed by atoms with Crippen LogP contribution in [0.5, 0.6) is 0 Å². The van der Waals surface area contributed by atoms with E-state index in [-0.39, 0.29) is 6.10 Å². The van der Waals surface area contributed by atoms with Crippen LogP contribution in [0.4, 0.5) is 0 Å². The average molecular weight is 263 g/mol. The second kappa shape index (κ2) is 4.98. The molecule has 0 aliphatic carbocycles. The molecule has 2 fully saturated rings. The molecule has 96 valence electrons. The molecule has 1 aromatic heterocycles. The lowest BCUT2D eigenvalue weighted by molar-refractivity contribution is -0.0718. The van der Waals surface area contributed by atoms with Gasteiger partial charge in [-0.05, 0) is 23.4 Å². The molecule has 1 unspecified atom stereocenters. The third kappa shape index (κ3) is 2.06. The molecule has 1 aromatic rings. The van der Waals surface area contributed by atoms with Crippen molar-refractivity contribution in [3.8, 4) is 6.07 Å². The van der Waals surface area contributed by atoms with E-state index in [0.717, 1.165) is 43.2 Å². The first-order chi connectivity index (χ1) is 8.79. The number of fused-ring (bicyclic) bond motifs is 1. The average Bonchev–Trinajstić information content (AvgIpc) is 2.79. The topological polar surface area (TPSA) is 48.3 Å². The Balaban J connectivity index is 1.77. The van der Waals surface area contributed by atoms with Gasteiger partial charge in [0.25, 0.3) is 0 Å². The van der Waals surface area contributed by atoms with Crippen molar-refractivity contribution < 1.29 is 4.74 Å². The Bertz CT molecular complexity index is 479. The first kappa shape index (κ1) is 12.1. The van der Waals surface area contributed by atoms with Crippen LogP contribution in [-0.2, 0) is 4.74 Å². The van der Waals surface area contributed by atoms with Gasteiger partial charge in [-0.15, -0.1) is 11.3 Å². The third-order valence-electron chi connectivity index (χ3n) is 3.89. The lowest BCUT2D eigenvalue weighted by Crippen LogP contribution is -2.57. The van der Waals surface area contributed by atoms with E-state index in [1.165, 1.54) is 16.9 Å². The number of nitriles is 1. The molecule has 2 aliphatic heterocycles. The number of thiophene rings is 1. The minimum atomic E-state index is 0.137. The number of piperazine rings is 1. The van der Waals surface area contributed by atoms with Gasteiger partial charge in [-0.2, -0.15) is 5.26 Å². The zero-order valence-electron chi connectivity index (χ0n) is 10.5. The molecular formula is C13H17N3OS. The minimum Gasteiger partial charge on any atom is -0.370 e. The molecule has 4 nitrogen and oxygen atoms in total. The summed E-state index contributed by atoms with van der Waals surface area (Å²) >= 11 is 1.53. The van der Waals surface area contributed by atoms with Crippen molar-refractivity contribution in [2.24, 2.45) is 0 Å². The van der Waals surface area contributed by atoms with E-state index in [9.17, 15) is 0 Å². The molecule has 0 bridgehead atoms. The zero-order chi connectivity index (χ0) is 12.5. The number of hydrogen-bond acceptors (Lipinski definition) is 5. The van der Waals surface area contributed by atoms with Gasteiger partial charge in [-0.3, -0.25) is 4.90 Å². The van der Waals surface area contributed by atoms with Crippen LogP contribution in [0.15, 0.2) is 5.38 Å². The highest BCUT2D eigenvalue weighted by molar-refractivity contribution is 7.10. The standard InChI is InChI=1S/C13H17N3OS/c1-9-11(8-18-13(9)4-14)12-6-16-3-2-15-5-10(16)7-17-12/h8,10,12,15H,2-3,5-7H2,1H3/t10?,12-/m0/s1. The number of nitrogens with one attached hydrogen (secondary N) is 1. The summed E-state index contributed by atoms with van der Waals surface area (Å²) in [7, 11) is 0. The van der Waals surface area contributed by atoms with Gasteiger partial charge in [0, 0.05) is 32.2 Å². The smallest absolute Gasteiger partial charge is 0.110 e. The summed E-state index contributed by atoms with van der Waals surface area (Å²) < 4.78 is 5.99. The molecule has 0 amide bonds. The van der Waals surface area contributed by atoms with Crippen molar-refractivity contribution in [2.45, 2.75) is 19.1 Å². The van der Waals surface area contributed by atoms with Crippen molar-refractivity contribution in [1.29, 1.82) is 5.26 Å². The van der Waals surface area contributed by atoms with Crippen LogP contribution in [0.3, 0.4) is 0 Å². The first-order valence-corrected chi connectivity index (χ1v) is 7.22. The lowest BCUT2D eigenvalue weighted by atomic mass is 10.0. The van der Waals surface area contributed by atoms with E-state index in [2.05, 4.69) is 21.7 Å². The summed E-state index contributed by atoms with van der Waals surface area (Å²) in [4.78, 5) is 3.32. The van der Waals surface area contributed by atoms with Gasteiger partial charge >= 0.3 is 0 Å². The van der Waals surface area contributed by atoms with Crippen LogP contribution in [0.2, 0.25) is 0 Å². The van der Waals surface area contributed by atoms with Crippen molar-refractivity contribution >= 4 is 11.3 Å². The van der Waals surface area contributed by atoms with Crippen LogP contribution in [0, 0.1) is 18.3 Å². The Morgan fingerprint density at radius 2 is 2.50 bits per heavy atom. The second-order valence-electron chi connectivity index (χ2n) is 4.93. The maximum atomic E-state index is 9.02. The van der Waals surface area contributed by atoms with Gasteiger partial charge in [0.2, 0.25) is 0 Å². The molecular weight excluding hydrogens is 246 g/mol. The maximum Gasteiger partial charge on any atom is 0.110 e. The Kier molecular flexibility index (Phi) is 3.35. The molecule has 0 radical (unpaired) electrons. The maximum absolute atomic E-state index is 9.02. The number of ether oxygens (including phenoxy) is 1. The van der Waals surface area contributed by atoms with Crippen LogP contribution in [-0.4, -0.2) is 43.7 Å². The van der Waals surface area contributed by atoms with Crippen LogP contribution in [0.1, 0.15) is 22.1 Å². The number of rotatable bonds is 1. The van der Waals surface area contributed by atoms with Gasteiger partial charge < -0.3 is 10.1 Å². The van der Waals surface area contributed by atoms with Crippen molar-refractivity contribution in [3.63, 3.8) is 0 Å². The second-order valence-corrected chi connectivity index (χ2v) is 5.81. The number of hydrogen-bond donors (Lipinski definition) is 1. The fraction of sp³-hybridized carbons (Fsp3) is 0.615. The molecule has 3 rings (SSSR count). The molecule has 2 saturated heterocycles. The van der Waals surface area contributed by atoms with Crippen LogP contribution >= 0.6 is 11.3 Å². The van der Waals surface area contributed by atoms with Crippen molar-refractivity contribution in [1.82, 2.24) is 10.2 Å². The summed E-state index contributed by atoms with van der Waals surface area (Å²) in [6.45, 7) is 6.95. The van der Waals surface area contributed by atoms with E-state index in [1.54, 1.807) is 0 Å². The Morgan fingerprint density at radius 1 is 1.61 bits per heavy atom. The predicted octanol–water partition coefficient (Wildman–Crippen LogP) is 1.27. The molecule has 1 N–H and O–H groups in total. The fourth-order valence-electron chi connectivity index (χ4n) is 2.75. The molecule has 5 heteroatoms. The number of nitrogens with zero attached hydrogens (tertiary/aromatic N) is 2. The van der Waals surface area contributed by atoms with Gasteiger partial charge in [0.1, 0.15) is 10.9 Å². The molecule has 18 heavy (non-hydrogen) atoms. The van der Waals surface area contributed by atoms with E-state index >= 15 is 0 Å². The van der Waals surface area contributed by atoms with E-state index in [1.807, 2.05) is 6.92 Å². The zero-order valence-corrected chi connectivity index (χ0v) is 11.3. The van der Waals surface area contributed by atoms with Crippen LogP contribution < -0.4 is 5.32 Å². The monoisotopic (exact) mass is 263 g/mol. The largest absolute Gasteiger partial charge is 0.370 e. The highest BCUT2D eigenvalue weighted by Gasteiger charge is 2.32. The van der Waals surface area contributed by atoms with Gasteiger partial charge in [0.15, 0.2) is 0 Å². The number of morpholine rings is 1. The molecule has 2 aliphatic rings. The summed E-state index contributed by atoms with van der Waals surface area (Å²) in [5.41, 5.74) is 2.30. The quantitative estimate of drug-likeness (QED) is 0.829. The van der Waals surface area contributed by atoms with Crippen molar-refractivity contribution in [2.75, 3.05) is 32.8 Å². The minimum absolute atomic E-state index is 0.137. The summed E-state index contributed by atoms with van der Waals surface area (Å²) in [6.07, 6.45) is 0.137. The predicted molar refractivity (Wildman–Crippen MR) is 70.7 cm³/mol. The first-order valence-electron chi connectivity index (χ1n) is 6.34. The van der Waals surface area contributed by atoms with E-state index in [0.29, 0.717) is 6.04 Å². The fourth-order valence-corrected chi connectivity index (χ4v) is 3.67. The molecule has 3 heterocycles. The Hall–Kier alpha value is -0.930. The van der Waals surface area contributed by atoms with Gasteiger partial charge in [0.05, 0.1) is 12.7 Å². The van der Waals surface area contributed by atoms with Crippen LogP contribution in [0.25, 0.3) is 0 Å². The molecule has 0 aromatic carbocycles. The highest BCUT2D eigenvalue weighted by Crippen LogP contribution is 2.32. The highest BCUT2D eigenvalue weighted by atomic mass is 32.1. The SMILES string of the molecule is Cc1c([C@@H]2CN3CCNCC3CO2)csc1C#N. The Morgan fingerprint density at radius 3 is 3.28 bits per heavy atom. The van der Waals surface area contributed by atoms with Gasteiger partial charge in [-0.1, -0.05) is 0 Å². The summed E-state index contributed by atoms with van der Waals surface area (Å²) in [5, 5.41) is 14.5. The van der Waals surface area contributed by atoms with Crippen molar-refractivity contribution in [3.05, 3.63) is 21.4 Å². The lowest BCUT2D eigenvalue weighted by Gasteiger charge is -2.42. The third-order valence-corrected chi connectivity index (χ3v) is 4.89. The van der Waals surface area contributed by atoms with E-state index < -0.39 is 0 Å². The van der Waals surface area contributed by atoms with Gasteiger partial charge in [-0.25, -0.2) is 0 Å². The Labute approximate surface area is 111 Å². The van der Waals surface area contributed by atoms with E-state index in [4.69, 9.17) is 10.00 Å². The summed E-state index contributed by atoms with van der Waals surface area (Å²) in [5.74, 6) is 0. The molecule has 2 atom stereocenters. The normalized spacial score (nSPS) is 28.7.